The first kappa shape index (κ1) is 21.2. The molecule has 0 fully saturated rings. The van der Waals surface area contributed by atoms with Crippen LogP contribution in [0, 0.1) is 0 Å². The van der Waals surface area contributed by atoms with Crippen molar-refractivity contribution in [3.8, 4) is 5.75 Å². The number of hydrogen-bond acceptors (Lipinski definition) is 3. The molecule has 0 unspecified atom stereocenters. The molecule has 0 aliphatic carbocycles. The number of nitrogens with zero attached hydrogens (tertiary/aromatic N) is 2. The van der Waals surface area contributed by atoms with Crippen LogP contribution in [0.25, 0.3) is 0 Å². The van der Waals surface area contributed by atoms with Crippen molar-refractivity contribution in [3.63, 3.8) is 0 Å². The van der Waals surface area contributed by atoms with Crippen LogP contribution in [0.2, 0.25) is 0 Å². The molecule has 0 aliphatic rings. The molecule has 0 aliphatic heterocycles. The van der Waals surface area contributed by atoms with E-state index in [0.717, 1.165) is 17.4 Å². The minimum absolute atomic E-state index is 0. The van der Waals surface area contributed by atoms with Gasteiger partial charge in [-0.3, -0.25) is 9.98 Å². The summed E-state index contributed by atoms with van der Waals surface area (Å²) >= 11 is 0. The van der Waals surface area contributed by atoms with Gasteiger partial charge in [-0.15, -0.1) is 24.0 Å². The highest BCUT2D eigenvalue weighted by atomic mass is 127. The van der Waals surface area contributed by atoms with E-state index in [1.165, 1.54) is 5.56 Å². The van der Waals surface area contributed by atoms with Crippen molar-refractivity contribution in [2.45, 2.75) is 26.3 Å². The molecule has 1 aromatic carbocycles. The van der Waals surface area contributed by atoms with E-state index in [1.54, 1.807) is 13.2 Å². The molecule has 0 bridgehead atoms. The lowest BCUT2D eigenvalue weighted by Crippen LogP contribution is -2.39. The molecule has 2 N–H and O–H groups in total. The van der Waals surface area contributed by atoms with Crippen LogP contribution in [0.4, 0.5) is 0 Å². The summed E-state index contributed by atoms with van der Waals surface area (Å²) in [4.78, 5) is 8.46. The maximum atomic E-state index is 5.74. The smallest absolute Gasteiger partial charge is 0.191 e. The van der Waals surface area contributed by atoms with Gasteiger partial charge in [0.25, 0.3) is 0 Å². The van der Waals surface area contributed by atoms with Gasteiger partial charge in [-0.25, -0.2) is 0 Å². The van der Waals surface area contributed by atoms with E-state index in [-0.39, 0.29) is 24.0 Å². The van der Waals surface area contributed by atoms with E-state index in [4.69, 9.17) is 4.74 Å². The largest absolute Gasteiger partial charge is 0.492 e. The van der Waals surface area contributed by atoms with Crippen LogP contribution in [0.5, 0.6) is 5.75 Å². The molecule has 136 valence electrons. The number of aromatic nitrogens is 1. The van der Waals surface area contributed by atoms with E-state index in [1.807, 2.05) is 30.3 Å². The molecule has 25 heavy (non-hydrogen) atoms. The average molecular weight is 454 g/mol. The van der Waals surface area contributed by atoms with Crippen LogP contribution < -0.4 is 15.4 Å². The maximum Gasteiger partial charge on any atom is 0.191 e. The van der Waals surface area contributed by atoms with Crippen LogP contribution >= 0.6 is 24.0 Å². The Kier molecular flexibility index (Phi) is 9.91. The maximum absolute atomic E-state index is 5.74. The lowest BCUT2D eigenvalue weighted by molar-refractivity contribution is 0.322. The zero-order chi connectivity index (χ0) is 17.2. The van der Waals surface area contributed by atoms with Crippen LogP contribution in [0.3, 0.4) is 0 Å². The number of hydrogen-bond donors (Lipinski definition) is 2. The molecule has 6 heteroatoms. The molecule has 0 amide bonds. The van der Waals surface area contributed by atoms with Crippen molar-refractivity contribution in [1.82, 2.24) is 15.6 Å². The second-order valence-electron chi connectivity index (χ2n) is 5.75. The summed E-state index contributed by atoms with van der Waals surface area (Å²) in [6.45, 7) is 6.25. The lowest BCUT2D eigenvalue weighted by atomic mass is 10.0. The zero-order valence-corrected chi connectivity index (χ0v) is 17.4. The SMILES string of the molecule is CN=C(NCCOc1ccc(C(C)C)cc1)NCc1ccccn1.I. The van der Waals surface area contributed by atoms with Crippen LogP contribution in [-0.2, 0) is 6.54 Å². The Hall–Kier alpha value is -1.83. The second kappa shape index (κ2) is 11.7. The van der Waals surface area contributed by atoms with Gasteiger partial charge in [0.2, 0.25) is 0 Å². The summed E-state index contributed by atoms with van der Waals surface area (Å²) in [6.07, 6.45) is 1.78. The van der Waals surface area contributed by atoms with E-state index in [9.17, 15) is 0 Å². The first-order valence-electron chi connectivity index (χ1n) is 8.26. The van der Waals surface area contributed by atoms with Gasteiger partial charge in [0.05, 0.1) is 18.8 Å². The molecule has 0 atom stereocenters. The van der Waals surface area contributed by atoms with Crippen LogP contribution in [0.15, 0.2) is 53.7 Å². The minimum Gasteiger partial charge on any atom is -0.492 e. The molecule has 0 radical (unpaired) electrons. The summed E-state index contributed by atoms with van der Waals surface area (Å²) in [5.74, 6) is 2.16. The third-order valence-electron chi connectivity index (χ3n) is 3.60. The van der Waals surface area contributed by atoms with Crippen molar-refractivity contribution < 1.29 is 4.74 Å². The number of halogens is 1. The van der Waals surface area contributed by atoms with Crippen molar-refractivity contribution >= 4 is 29.9 Å². The molecule has 2 aromatic rings. The standard InChI is InChI=1S/C19H26N4O.HI/c1-15(2)16-7-9-18(10-8-16)24-13-12-22-19(20-3)23-14-17-6-4-5-11-21-17;/h4-11,15H,12-14H2,1-3H3,(H2,20,22,23);1H. The number of nitrogens with one attached hydrogen (secondary N) is 2. The van der Waals surface area contributed by atoms with Gasteiger partial charge in [0.15, 0.2) is 5.96 Å². The summed E-state index contributed by atoms with van der Waals surface area (Å²) in [7, 11) is 1.75. The van der Waals surface area contributed by atoms with Crippen molar-refractivity contribution in [3.05, 3.63) is 59.9 Å². The highest BCUT2D eigenvalue weighted by molar-refractivity contribution is 14.0. The Morgan fingerprint density at radius 2 is 1.88 bits per heavy atom. The highest BCUT2D eigenvalue weighted by Crippen LogP contribution is 2.18. The van der Waals surface area contributed by atoms with Gasteiger partial charge in [-0.05, 0) is 35.7 Å². The Bertz CT molecular complexity index is 630. The number of pyridine rings is 1. The molecular formula is C19H27IN4O. The topological polar surface area (TPSA) is 58.5 Å². The third-order valence-corrected chi connectivity index (χ3v) is 3.60. The first-order valence-corrected chi connectivity index (χ1v) is 8.26. The Balaban J connectivity index is 0.00000312. The number of ether oxygens (including phenoxy) is 1. The normalized spacial score (nSPS) is 11.0. The summed E-state index contributed by atoms with van der Waals surface area (Å²) < 4.78 is 5.74. The Morgan fingerprint density at radius 3 is 2.48 bits per heavy atom. The van der Waals surface area contributed by atoms with Crippen molar-refractivity contribution in [1.29, 1.82) is 0 Å². The molecule has 5 nitrogen and oxygen atoms in total. The summed E-state index contributed by atoms with van der Waals surface area (Å²) in [6, 6.07) is 14.1. The van der Waals surface area contributed by atoms with E-state index in [0.29, 0.717) is 25.6 Å². The Labute approximate surface area is 167 Å². The van der Waals surface area contributed by atoms with Gasteiger partial charge >= 0.3 is 0 Å². The number of aliphatic imine (C=N–C) groups is 1. The fourth-order valence-corrected chi connectivity index (χ4v) is 2.18. The molecule has 1 heterocycles. The van der Waals surface area contributed by atoms with Gasteiger partial charge < -0.3 is 15.4 Å². The van der Waals surface area contributed by atoms with Gasteiger partial charge in [0.1, 0.15) is 12.4 Å². The minimum atomic E-state index is 0. The lowest BCUT2D eigenvalue weighted by Gasteiger charge is -2.12. The van der Waals surface area contributed by atoms with E-state index >= 15 is 0 Å². The molecular weight excluding hydrogens is 427 g/mol. The second-order valence-corrected chi connectivity index (χ2v) is 5.75. The van der Waals surface area contributed by atoms with Crippen molar-refractivity contribution in [2.24, 2.45) is 4.99 Å². The quantitative estimate of drug-likeness (QED) is 0.291. The monoisotopic (exact) mass is 454 g/mol. The molecule has 0 spiro atoms. The van der Waals surface area contributed by atoms with Gasteiger partial charge in [0, 0.05) is 13.2 Å². The van der Waals surface area contributed by atoms with Gasteiger partial charge in [-0.1, -0.05) is 32.0 Å². The fourth-order valence-electron chi connectivity index (χ4n) is 2.18. The predicted molar refractivity (Wildman–Crippen MR) is 114 cm³/mol. The highest BCUT2D eigenvalue weighted by Gasteiger charge is 2.01. The van der Waals surface area contributed by atoms with Crippen LogP contribution in [0.1, 0.15) is 31.0 Å². The number of guanidine groups is 1. The summed E-state index contributed by atoms with van der Waals surface area (Å²) in [5, 5.41) is 6.45. The van der Waals surface area contributed by atoms with E-state index < -0.39 is 0 Å². The zero-order valence-electron chi connectivity index (χ0n) is 15.0. The fraction of sp³-hybridized carbons (Fsp3) is 0.368. The molecule has 0 saturated heterocycles. The Morgan fingerprint density at radius 1 is 1.12 bits per heavy atom. The number of rotatable bonds is 7. The third kappa shape index (κ3) is 7.72. The summed E-state index contributed by atoms with van der Waals surface area (Å²) in [5.41, 5.74) is 2.29. The van der Waals surface area contributed by atoms with Gasteiger partial charge in [-0.2, -0.15) is 0 Å². The number of benzene rings is 1. The predicted octanol–water partition coefficient (Wildman–Crippen LogP) is 3.57. The van der Waals surface area contributed by atoms with E-state index in [2.05, 4.69) is 46.6 Å². The molecule has 0 saturated carbocycles. The average Bonchev–Trinajstić information content (AvgIpc) is 2.62. The van der Waals surface area contributed by atoms with Crippen molar-refractivity contribution in [2.75, 3.05) is 20.2 Å². The first-order chi connectivity index (χ1) is 11.7. The molecule has 2 rings (SSSR count). The van der Waals surface area contributed by atoms with Crippen LogP contribution in [-0.4, -0.2) is 31.1 Å². The molecule has 1 aromatic heterocycles.